The van der Waals surface area contributed by atoms with Crippen molar-refractivity contribution in [3.05, 3.63) is 94.3 Å². The van der Waals surface area contributed by atoms with E-state index in [0.717, 1.165) is 5.39 Å². The van der Waals surface area contributed by atoms with Crippen LogP contribution in [0.1, 0.15) is 0 Å². The second kappa shape index (κ2) is 9.64. The standard InChI is InChI=1S/C24H17ClN2O4S/c25-20-13-16(26-24(32)27-22(28)14-30-17-7-2-1-3-8-17)10-11-18(20)19-12-15-6-4-5-9-21(15)31-23(19)29/h1-13H,14H2,(H2,26,27,28,32). The van der Waals surface area contributed by atoms with E-state index in [-0.39, 0.29) is 11.7 Å². The minimum atomic E-state index is -0.479. The highest BCUT2D eigenvalue weighted by atomic mass is 35.5. The molecule has 160 valence electrons. The van der Waals surface area contributed by atoms with Crippen LogP contribution in [-0.4, -0.2) is 17.6 Å². The molecule has 4 aromatic rings. The van der Waals surface area contributed by atoms with Crippen molar-refractivity contribution < 1.29 is 13.9 Å². The van der Waals surface area contributed by atoms with Gasteiger partial charge in [0.1, 0.15) is 11.3 Å². The highest BCUT2D eigenvalue weighted by Gasteiger charge is 2.13. The summed E-state index contributed by atoms with van der Waals surface area (Å²) in [7, 11) is 0. The van der Waals surface area contributed by atoms with Gasteiger partial charge in [-0.05, 0) is 48.6 Å². The van der Waals surface area contributed by atoms with Gasteiger partial charge in [0.2, 0.25) is 0 Å². The fourth-order valence-corrected chi connectivity index (χ4v) is 3.57. The highest BCUT2D eigenvalue weighted by Crippen LogP contribution is 2.30. The lowest BCUT2D eigenvalue weighted by Crippen LogP contribution is -2.37. The zero-order valence-corrected chi connectivity index (χ0v) is 18.2. The van der Waals surface area contributed by atoms with Crippen molar-refractivity contribution in [3.8, 4) is 16.9 Å². The van der Waals surface area contributed by atoms with Gasteiger partial charge in [-0.3, -0.25) is 10.1 Å². The monoisotopic (exact) mass is 464 g/mol. The maximum atomic E-state index is 12.4. The summed E-state index contributed by atoms with van der Waals surface area (Å²) in [5, 5.41) is 6.66. The van der Waals surface area contributed by atoms with E-state index in [0.29, 0.717) is 33.2 Å². The van der Waals surface area contributed by atoms with Gasteiger partial charge in [-0.15, -0.1) is 0 Å². The molecular formula is C24H17ClN2O4S. The van der Waals surface area contributed by atoms with Crippen molar-refractivity contribution in [2.75, 3.05) is 11.9 Å². The van der Waals surface area contributed by atoms with Gasteiger partial charge in [-0.2, -0.15) is 0 Å². The molecule has 0 saturated heterocycles. The van der Waals surface area contributed by atoms with Crippen LogP contribution >= 0.6 is 23.8 Å². The molecule has 4 rings (SSSR count). The normalized spacial score (nSPS) is 10.5. The molecule has 2 N–H and O–H groups in total. The van der Waals surface area contributed by atoms with Gasteiger partial charge in [-0.25, -0.2) is 4.79 Å². The van der Waals surface area contributed by atoms with Crippen LogP contribution in [0, 0.1) is 0 Å². The van der Waals surface area contributed by atoms with Crippen LogP contribution in [0.5, 0.6) is 5.75 Å². The van der Waals surface area contributed by atoms with Gasteiger partial charge in [0.05, 0.1) is 10.6 Å². The van der Waals surface area contributed by atoms with Crippen molar-refractivity contribution in [2.24, 2.45) is 0 Å². The molecule has 0 fully saturated rings. The molecule has 6 nitrogen and oxygen atoms in total. The summed E-state index contributed by atoms with van der Waals surface area (Å²) in [6.07, 6.45) is 0. The molecule has 0 radical (unpaired) electrons. The Morgan fingerprint density at radius 1 is 0.969 bits per heavy atom. The van der Waals surface area contributed by atoms with E-state index in [2.05, 4.69) is 10.6 Å². The Balaban J connectivity index is 1.42. The van der Waals surface area contributed by atoms with Crippen molar-refractivity contribution in [1.29, 1.82) is 0 Å². The Morgan fingerprint density at radius 3 is 2.50 bits per heavy atom. The number of carbonyl (C=O) groups is 1. The molecule has 32 heavy (non-hydrogen) atoms. The third kappa shape index (κ3) is 5.14. The zero-order chi connectivity index (χ0) is 22.5. The van der Waals surface area contributed by atoms with Gasteiger partial charge in [0.15, 0.2) is 11.7 Å². The molecule has 0 aliphatic heterocycles. The molecule has 0 atom stereocenters. The van der Waals surface area contributed by atoms with Crippen LogP contribution in [0.25, 0.3) is 22.1 Å². The largest absolute Gasteiger partial charge is 0.484 e. The molecule has 0 saturated carbocycles. The highest BCUT2D eigenvalue weighted by molar-refractivity contribution is 7.80. The van der Waals surface area contributed by atoms with Crippen LogP contribution in [0.2, 0.25) is 5.02 Å². The average molecular weight is 465 g/mol. The summed E-state index contributed by atoms with van der Waals surface area (Å²) in [5.41, 5.74) is 1.47. The van der Waals surface area contributed by atoms with E-state index >= 15 is 0 Å². The summed E-state index contributed by atoms with van der Waals surface area (Å²) in [6.45, 7) is -0.177. The number of nitrogens with one attached hydrogen (secondary N) is 2. The predicted molar refractivity (Wildman–Crippen MR) is 129 cm³/mol. The molecule has 1 aromatic heterocycles. The lowest BCUT2D eigenvalue weighted by Gasteiger charge is -2.12. The number of benzene rings is 3. The summed E-state index contributed by atoms with van der Waals surface area (Å²) in [4.78, 5) is 24.4. The molecule has 1 amide bonds. The first-order valence-electron chi connectivity index (χ1n) is 9.61. The van der Waals surface area contributed by atoms with Crippen LogP contribution < -0.4 is 21.0 Å². The number of amides is 1. The molecule has 1 heterocycles. The van der Waals surface area contributed by atoms with Crippen molar-refractivity contribution >= 4 is 51.5 Å². The van der Waals surface area contributed by atoms with Crippen molar-refractivity contribution in [3.63, 3.8) is 0 Å². The molecule has 0 spiro atoms. The Labute approximate surface area is 193 Å². The van der Waals surface area contributed by atoms with E-state index in [1.165, 1.54) is 0 Å². The van der Waals surface area contributed by atoms with Crippen molar-refractivity contribution in [2.45, 2.75) is 0 Å². The second-order valence-corrected chi connectivity index (χ2v) is 7.60. The van der Waals surface area contributed by atoms with Crippen LogP contribution in [0.3, 0.4) is 0 Å². The number of thiocarbonyl (C=S) groups is 1. The summed E-state index contributed by atoms with van der Waals surface area (Å²) >= 11 is 11.6. The van der Waals surface area contributed by atoms with E-state index in [1.54, 1.807) is 48.5 Å². The average Bonchev–Trinajstić information content (AvgIpc) is 2.78. The second-order valence-electron chi connectivity index (χ2n) is 6.78. The number of ether oxygens (including phenoxy) is 1. The fraction of sp³-hybridized carbons (Fsp3) is 0.0417. The Kier molecular flexibility index (Phi) is 6.49. The molecule has 0 aliphatic carbocycles. The maximum Gasteiger partial charge on any atom is 0.344 e. The SMILES string of the molecule is O=C(COc1ccccc1)NC(=S)Nc1ccc(-c2cc3ccccc3oc2=O)c(Cl)c1. The van der Waals surface area contributed by atoms with E-state index < -0.39 is 11.5 Å². The molecular weight excluding hydrogens is 448 g/mol. The zero-order valence-electron chi connectivity index (χ0n) is 16.6. The van der Waals surface area contributed by atoms with Gasteiger partial charge in [0.25, 0.3) is 5.91 Å². The Morgan fingerprint density at radius 2 is 1.72 bits per heavy atom. The predicted octanol–water partition coefficient (Wildman–Crippen LogP) is 5.01. The molecule has 0 bridgehead atoms. The lowest BCUT2D eigenvalue weighted by atomic mass is 10.1. The van der Waals surface area contributed by atoms with Gasteiger partial charge in [0, 0.05) is 16.6 Å². The van der Waals surface area contributed by atoms with Crippen LogP contribution in [0.15, 0.2) is 88.1 Å². The molecule has 3 aromatic carbocycles. The van der Waals surface area contributed by atoms with E-state index in [9.17, 15) is 9.59 Å². The van der Waals surface area contributed by atoms with E-state index in [1.807, 2.05) is 30.3 Å². The topological polar surface area (TPSA) is 80.6 Å². The minimum absolute atomic E-state index is 0.0979. The minimum Gasteiger partial charge on any atom is -0.484 e. The maximum absolute atomic E-state index is 12.4. The van der Waals surface area contributed by atoms with E-state index in [4.69, 9.17) is 33.0 Å². The number of carbonyl (C=O) groups excluding carboxylic acids is 1. The number of hydrogen-bond donors (Lipinski definition) is 2. The van der Waals surface area contributed by atoms with Gasteiger partial charge < -0.3 is 14.5 Å². The first kappa shape index (κ1) is 21.5. The van der Waals surface area contributed by atoms with Crippen LogP contribution in [0.4, 0.5) is 5.69 Å². The third-order valence-corrected chi connectivity index (χ3v) is 5.04. The number of para-hydroxylation sites is 2. The van der Waals surface area contributed by atoms with Crippen LogP contribution in [-0.2, 0) is 4.79 Å². The first-order valence-corrected chi connectivity index (χ1v) is 10.4. The molecule has 0 aliphatic rings. The number of halogens is 1. The Bertz CT molecular complexity index is 1360. The van der Waals surface area contributed by atoms with Gasteiger partial charge >= 0.3 is 5.63 Å². The van der Waals surface area contributed by atoms with Crippen molar-refractivity contribution in [1.82, 2.24) is 5.32 Å². The number of rotatable bonds is 5. The fourth-order valence-electron chi connectivity index (χ4n) is 3.05. The summed E-state index contributed by atoms with van der Waals surface area (Å²) in [6, 6.07) is 23.0. The summed E-state index contributed by atoms with van der Waals surface area (Å²) in [5.74, 6) is 0.185. The number of anilines is 1. The Hall–Kier alpha value is -3.68. The molecule has 0 unspecified atom stereocenters. The number of hydrogen-bond acceptors (Lipinski definition) is 5. The third-order valence-electron chi connectivity index (χ3n) is 4.52. The quantitative estimate of drug-likeness (QED) is 0.319. The lowest BCUT2D eigenvalue weighted by molar-refractivity contribution is -0.121. The molecule has 8 heteroatoms. The first-order chi connectivity index (χ1) is 15.5. The van der Waals surface area contributed by atoms with Gasteiger partial charge in [-0.1, -0.05) is 54.1 Å². The smallest absolute Gasteiger partial charge is 0.344 e. The number of fused-ring (bicyclic) bond motifs is 1. The summed E-state index contributed by atoms with van der Waals surface area (Å²) < 4.78 is 10.8.